The zero-order chi connectivity index (χ0) is 21.9. The number of methoxy groups -OCH3 is 2. The summed E-state index contributed by atoms with van der Waals surface area (Å²) in [5.74, 6) is 0.728. The normalized spacial score (nSPS) is 14.0. The van der Waals surface area contributed by atoms with E-state index in [-0.39, 0.29) is 17.6 Å². The van der Waals surface area contributed by atoms with E-state index in [4.69, 9.17) is 21.1 Å². The molecule has 5 nitrogen and oxygen atoms in total. The highest BCUT2D eigenvalue weighted by atomic mass is 35.5. The molecule has 162 valence electrons. The summed E-state index contributed by atoms with van der Waals surface area (Å²) in [4.78, 5) is 14.5. The maximum Gasteiger partial charge on any atom is 0.418 e. The van der Waals surface area contributed by atoms with Crippen molar-refractivity contribution in [3.63, 3.8) is 0 Å². The number of para-hydroxylation sites is 1. The molecule has 1 fully saturated rings. The third kappa shape index (κ3) is 5.37. The molecule has 0 saturated heterocycles. The van der Waals surface area contributed by atoms with Gasteiger partial charge in [0.1, 0.15) is 11.5 Å². The highest BCUT2D eigenvalue weighted by molar-refractivity contribution is 6.34. The van der Waals surface area contributed by atoms with Crippen LogP contribution in [0.1, 0.15) is 24.0 Å². The fourth-order valence-corrected chi connectivity index (χ4v) is 3.45. The van der Waals surface area contributed by atoms with Crippen LogP contribution in [-0.4, -0.2) is 37.6 Å². The Balaban J connectivity index is 1.77. The average molecular weight is 443 g/mol. The molecule has 0 atom stereocenters. The summed E-state index contributed by atoms with van der Waals surface area (Å²) >= 11 is 5.93. The predicted octanol–water partition coefficient (Wildman–Crippen LogP) is 4.98. The van der Waals surface area contributed by atoms with Gasteiger partial charge in [0.25, 0.3) is 0 Å². The van der Waals surface area contributed by atoms with Crippen molar-refractivity contribution < 1.29 is 27.4 Å². The smallest absolute Gasteiger partial charge is 0.418 e. The summed E-state index contributed by atoms with van der Waals surface area (Å²) in [7, 11) is 3.11. The van der Waals surface area contributed by atoms with E-state index in [2.05, 4.69) is 5.32 Å². The molecule has 0 aliphatic heterocycles. The van der Waals surface area contributed by atoms with E-state index in [0.717, 1.165) is 24.5 Å². The molecule has 0 aromatic heterocycles. The molecule has 3 rings (SSSR count). The molecule has 0 radical (unpaired) electrons. The highest BCUT2D eigenvalue weighted by Crippen LogP contribution is 2.38. The van der Waals surface area contributed by atoms with Gasteiger partial charge in [-0.25, -0.2) is 0 Å². The van der Waals surface area contributed by atoms with E-state index >= 15 is 0 Å². The van der Waals surface area contributed by atoms with Crippen LogP contribution in [0.3, 0.4) is 0 Å². The van der Waals surface area contributed by atoms with Crippen molar-refractivity contribution in [2.75, 3.05) is 26.1 Å². The van der Waals surface area contributed by atoms with Crippen LogP contribution in [0.25, 0.3) is 0 Å². The highest BCUT2D eigenvalue weighted by Gasteiger charge is 2.36. The van der Waals surface area contributed by atoms with Gasteiger partial charge in [-0.05, 0) is 43.2 Å². The van der Waals surface area contributed by atoms with Crippen LogP contribution in [0.4, 0.5) is 18.9 Å². The number of hydrogen-bond acceptors (Lipinski definition) is 4. The fraction of sp³-hybridized carbons (Fsp3) is 0.381. The van der Waals surface area contributed by atoms with Gasteiger partial charge in [0.2, 0.25) is 5.91 Å². The molecule has 30 heavy (non-hydrogen) atoms. The number of nitrogens with zero attached hydrogens (tertiary/aromatic N) is 1. The maximum atomic E-state index is 13.3. The van der Waals surface area contributed by atoms with Crippen molar-refractivity contribution in [3.8, 4) is 11.5 Å². The van der Waals surface area contributed by atoms with Gasteiger partial charge in [0, 0.05) is 18.2 Å². The number of benzene rings is 2. The maximum absolute atomic E-state index is 13.3. The largest absolute Gasteiger partial charge is 0.497 e. The summed E-state index contributed by atoms with van der Waals surface area (Å²) in [6.07, 6.45) is -2.80. The van der Waals surface area contributed by atoms with Crippen LogP contribution < -0.4 is 14.8 Å². The molecule has 1 saturated carbocycles. The van der Waals surface area contributed by atoms with Crippen molar-refractivity contribution in [1.29, 1.82) is 0 Å². The number of hydrogen-bond donors (Lipinski definition) is 1. The van der Waals surface area contributed by atoms with Gasteiger partial charge in [0.15, 0.2) is 0 Å². The van der Waals surface area contributed by atoms with Gasteiger partial charge in [-0.3, -0.25) is 9.69 Å². The molecule has 1 aliphatic rings. The van der Waals surface area contributed by atoms with Gasteiger partial charge >= 0.3 is 6.18 Å². The Morgan fingerprint density at radius 1 is 1.20 bits per heavy atom. The first-order chi connectivity index (χ1) is 14.2. The first-order valence-electron chi connectivity index (χ1n) is 9.33. The average Bonchev–Trinajstić information content (AvgIpc) is 3.53. The monoisotopic (exact) mass is 442 g/mol. The van der Waals surface area contributed by atoms with Crippen molar-refractivity contribution in [2.24, 2.45) is 0 Å². The molecule has 1 aliphatic carbocycles. The van der Waals surface area contributed by atoms with Crippen molar-refractivity contribution in [2.45, 2.75) is 31.6 Å². The van der Waals surface area contributed by atoms with Crippen LogP contribution in [0.5, 0.6) is 11.5 Å². The summed E-state index contributed by atoms with van der Waals surface area (Å²) in [5, 5.41) is 2.19. The second kappa shape index (κ2) is 9.14. The molecule has 0 bridgehead atoms. The molecular formula is C21H22ClF3N2O3. The zero-order valence-corrected chi connectivity index (χ0v) is 17.3. The van der Waals surface area contributed by atoms with Crippen LogP contribution in [0.15, 0.2) is 36.4 Å². The van der Waals surface area contributed by atoms with Gasteiger partial charge in [0.05, 0.1) is 37.0 Å². The molecule has 2 aromatic rings. The third-order valence-corrected chi connectivity index (χ3v) is 5.17. The molecule has 0 unspecified atom stereocenters. The van der Waals surface area contributed by atoms with Crippen LogP contribution in [0.2, 0.25) is 5.02 Å². The SMILES string of the molecule is COc1ccc(OC)c(CN(CC(=O)Nc2c(Cl)cccc2C(F)(F)F)C2CC2)c1. The number of ether oxygens (including phenoxy) is 2. The lowest BCUT2D eigenvalue weighted by molar-refractivity contribution is -0.137. The molecule has 1 amide bonds. The number of alkyl halides is 3. The number of anilines is 1. The van der Waals surface area contributed by atoms with Gasteiger partial charge in [-0.2, -0.15) is 13.2 Å². The Labute approximate surface area is 177 Å². The Morgan fingerprint density at radius 2 is 1.93 bits per heavy atom. The van der Waals surface area contributed by atoms with E-state index in [1.807, 2.05) is 11.0 Å². The number of rotatable bonds is 8. The van der Waals surface area contributed by atoms with E-state index < -0.39 is 23.3 Å². The Hall–Kier alpha value is -2.45. The second-order valence-corrected chi connectivity index (χ2v) is 7.43. The minimum atomic E-state index is -4.63. The molecular weight excluding hydrogens is 421 g/mol. The van der Waals surface area contributed by atoms with Gasteiger partial charge < -0.3 is 14.8 Å². The topological polar surface area (TPSA) is 50.8 Å². The van der Waals surface area contributed by atoms with E-state index in [9.17, 15) is 18.0 Å². The van der Waals surface area contributed by atoms with Gasteiger partial charge in [-0.1, -0.05) is 17.7 Å². The van der Waals surface area contributed by atoms with E-state index in [1.54, 1.807) is 26.4 Å². The molecule has 2 aromatic carbocycles. The lowest BCUT2D eigenvalue weighted by Crippen LogP contribution is -2.35. The van der Waals surface area contributed by atoms with Crippen molar-refractivity contribution >= 4 is 23.2 Å². The Morgan fingerprint density at radius 3 is 2.53 bits per heavy atom. The molecule has 0 spiro atoms. The van der Waals surface area contributed by atoms with Crippen LogP contribution in [0, 0.1) is 0 Å². The number of carbonyl (C=O) groups excluding carboxylic acids is 1. The number of halogens is 4. The summed E-state index contributed by atoms with van der Waals surface area (Å²) in [6.45, 7) is 0.320. The molecule has 0 heterocycles. The molecule has 1 N–H and O–H groups in total. The van der Waals surface area contributed by atoms with E-state index in [0.29, 0.717) is 18.0 Å². The quantitative estimate of drug-likeness (QED) is 0.626. The standard InChI is InChI=1S/C21H22ClF3N2O3/c1-29-15-8-9-18(30-2)13(10-15)11-27(14-6-7-14)12-19(28)26-20-16(21(23,24)25)4-3-5-17(20)22/h3-5,8-10,14H,6-7,11-12H2,1-2H3,(H,26,28). The van der Waals surface area contributed by atoms with Crippen molar-refractivity contribution in [3.05, 3.63) is 52.5 Å². The Bertz CT molecular complexity index is 917. The van der Waals surface area contributed by atoms with Crippen LogP contribution >= 0.6 is 11.6 Å². The lowest BCUT2D eigenvalue weighted by Gasteiger charge is -2.23. The van der Waals surface area contributed by atoms with Gasteiger partial charge in [-0.15, -0.1) is 0 Å². The third-order valence-electron chi connectivity index (χ3n) is 4.85. The fourth-order valence-electron chi connectivity index (χ4n) is 3.23. The lowest BCUT2D eigenvalue weighted by atomic mass is 10.1. The number of carbonyl (C=O) groups is 1. The first kappa shape index (κ1) is 22.2. The Kier molecular flexibility index (Phi) is 6.77. The summed E-state index contributed by atoms with van der Waals surface area (Å²) < 4.78 is 50.5. The minimum absolute atomic E-state index is 0.0758. The number of amides is 1. The zero-order valence-electron chi connectivity index (χ0n) is 16.6. The summed E-state index contributed by atoms with van der Waals surface area (Å²) in [6, 6.07) is 8.95. The predicted molar refractivity (Wildman–Crippen MR) is 108 cm³/mol. The van der Waals surface area contributed by atoms with E-state index in [1.165, 1.54) is 12.1 Å². The minimum Gasteiger partial charge on any atom is -0.497 e. The number of nitrogens with one attached hydrogen (secondary N) is 1. The molecule has 9 heteroatoms. The summed E-state index contributed by atoms with van der Waals surface area (Å²) in [5.41, 5.74) is -0.576. The first-order valence-corrected chi connectivity index (χ1v) is 9.71. The van der Waals surface area contributed by atoms with Crippen LogP contribution in [-0.2, 0) is 17.5 Å². The second-order valence-electron chi connectivity index (χ2n) is 7.02. The van der Waals surface area contributed by atoms with Crippen molar-refractivity contribution in [1.82, 2.24) is 4.90 Å².